The summed E-state index contributed by atoms with van der Waals surface area (Å²) >= 11 is 0. The third-order valence-corrected chi connectivity index (χ3v) is 6.52. The minimum Gasteiger partial charge on any atom is -0.364 e. The van der Waals surface area contributed by atoms with Crippen molar-refractivity contribution in [2.75, 3.05) is 0 Å². The van der Waals surface area contributed by atoms with Crippen molar-refractivity contribution < 1.29 is 0 Å². The Hall–Kier alpha value is -2.65. The maximum absolute atomic E-state index is 5.11. The van der Waals surface area contributed by atoms with E-state index in [9.17, 15) is 0 Å². The van der Waals surface area contributed by atoms with Gasteiger partial charge in [0.15, 0.2) is 0 Å². The molecule has 0 bridgehead atoms. The fourth-order valence-corrected chi connectivity index (χ4v) is 4.90. The smallest absolute Gasteiger partial charge is 0.118 e. The molecule has 0 amide bonds. The number of allylic oxidation sites excluding steroid dienone is 2. The Morgan fingerprint density at radius 3 is 2.24 bits per heavy atom. The standard InChI is InChI=1S/C26H29N3/c1-3-9-21(10-4-1)22-15-13-20(14-16-22)19-27-25-26(17-7-2-8-18-26)29-24-12-6-5-11-23(24)28-25/h1,3-6,9-16,23-24,29H,2,7-8,17-19H2,(H,27,28). The molecule has 2 aromatic rings. The van der Waals surface area contributed by atoms with Gasteiger partial charge in [0.25, 0.3) is 0 Å². The molecule has 2 aliphatic carbocycles. The Labute approximate surface area is 173 Å². The Morgan fingerprint density at radius 2 is 1.48 bits per heavy atom. The molecule has 1 spiro atoms. The van der Waals surface area contributed by atoms with Crippen molar-refractivity contribution in [1.82, 2.24) is 10.6 Å². The molecule has 2 fully saturated rings. The van der Waals surface area contributed by atoms with E-state index in [2.05, 4.69) is 89.5 Å². The lowest BCUT2D eigenvalue weighted by atomic mass is 9.77. The summed E-state index contributed by atoms with van der Waals surface area (Å²) in [6.45, 7) is 0.720. The number of benzene rings is 2. The van der Waals surface area contributed by atoms with Crippen LogP contribution in [0, 0.1) is 0 Å². The van der Waals surface area contributed by atoms with Crippen LogP contribution in [0.4, 0.5) is 0 Å². The molecule has 1 heterocycles. The van der Waals surface area contributed by atoms with E-state index in [0.29, 0.717) is 12.1 Å². The first-order valence-corrected chi connectivity index (χ1v) is 10.9. The van der Waals surface area contributed by atoms with Gasteiger partial charge in [-0.1, -0.05) is 98.2 Å². The fourth-order valence-electron chi connectivity index (χ4n) is 4.90. The first-order valence-electron chi connectivity index (χ1n) is 10.9. The van der Waals surface area contributed by atoms with Crippen LogP contribution in [0.2, 0.25) is 0 Å². The van der Waals surface area contributed by atoms with Crippen LogP contribution < -0.4 is 10.6 Å². The predicted octanol–water partition coefficient (Wildman–Crippen LogP) is 5.01. The summed E-state index contributed by atoms with van der Waals surface area (Å²) in [6, 6.07) is 20.0. The molecule has 3 nitrogen and oxygen atoms in total. The lowest BCUT2D eigenvalue weighted by Crippen LogP contribution is -2.70. The molecule has 1 saturated heterocycles. The Bertz CT molecular complexity index is 918. The first kappa shape index (κ1) is 18.4. The monoisotopic (exact) mass is 383 g/mol. The van der Waals surface area contributed by atoms with Gasteiger partial charge in [-0.2, -0.15) is 0 Å². The number of nitrogens with one attached hydrogen (secondary N) is 2. The Morgan fingerprint density at radius 1 is 0.793 bits per heavy atom. The number of hydrogen-bond acceptors (Lipinski definition) is 2. The molecule has 0 radical (unpaired) electrons. The number of fused-ring (bicyclic) bond motifs is 1. The largest absolute Gasteiger partial charge is 0.364 e. The molecule has 29 heavy (non-hydrogen) atoms. The van der Waals surface area contributed by atoms with Crippen molar-refractivity contribution in [1.29, 1.82) is 0 Å². The van der Waals surface area contributed by atoms with Gasteiger partial charge in [-0.15, -0.1) is 0 Å². The highest BCUT2D eigenvalue weighted by Crippen LogP contribution is 2.33. The van der Waals surface area contributed by atoms with Gasteiger partial charge in [0.2, 0.25) is 0 Å². The number of rotatable bonds is 3. The zero-order valence-corrected chi connectivity index (χ0v) is 16.9. The summed E-state index contributed by atoms with van der Waals surface area (Å²) in [5.41, 5.74) is 3.78. The Kier molecular flexibility index (Phi) is 5.07. The summed E-state index contributed by atoms with van der Waals surface area (Å²) in [6.07, 6.45) is 15.1. The van der Waals surface area contributed by atoms with Crippen molar-refractivity contribution in [2.24, 2.45) is 4.99 Å². The highest BCUT2D eigenvalue weighted by Gasteiger charge is 2.44. The normalized spacial score (nSPS) is 26.3. The zero-order valence-electron chi connectivity index (χ0n) is 16.9. The average molecular weight is 384 g/mol. The van der Waals surface area contributed by atoms with E-state index < -0.39 is 0 Å². The van der Waals surface area contributed by atoms with E-state index in [1.165, 1.54) is 48.8 Å². The van der Waals surface area contributed by atoms with Crippen molar-refractivity contribution in [3.8, 4) is 11.1 Å². The fraction of sp³-hybridized carbons (Fsp3) is 0.346. The second-order valence-corrected chi connectivity index (χ2v) is 8.48. The van der Waals surface area contributed by atoms with Crippen molar-refractivity contribution >= 4 is 5.84 Å². The van der Waals surface area contributed by atoms with Gasteiger partial charge in [0.05, 0.1) is 24.2 Å². The minimum atomic E-state index is 0.0128. The van der Waals surface area contributed by atoms with Crippen LogP contribution in [0.15, 0.2) is 83.9 Å². The van der Waals surface area contributed by atoms with Crippen LogP contribution in [-0.2, 0) is 6.54 Å². The minimum absolute atomic E-state index is 0.0128. The van der Waals surface area contributed by atoms with Crippen molar-refractivity contribution in [3.63, 3.8) is 0 Å². The first-order chi connectivity index (χ1) is 14.3. The molecular weight excluding hydrogens is 354 g/mol. The molecule has 3 aliphatic rings. The van der Waals surface area contributed by atoms with Gasteiger partial charge in [-0.3, -0.25) is 10.3 Å². The second kappa shape index (κ2) is 8.00. The van der Waals surface area contributed by atoms with Crippen molar-refractivity contribution in [3.05, 3.63) is 84.5 Å². The van der Waals surface area contributed by atoms with Gasteiger partial charge >= 0.3 is 0 Å². The van der Waals surface area contributed by atoms with Crippen LogP contribution in [0.25, 0.3) is 11.1 Å². The molecule has 2 N–H and O–H groups in total. The van der Waals surface area contributed by atoms with E-state index in [0.717, 1.165) is 12.4 Å². The second-order valence-electron chi connectivity index (χ2n) is 8.48. The summed E-state index contributed by atoms with van der Waals surface area (Å²) < 4.78 is 0. The van der Waals surface area contributed by atoms with Crippen LogP contribution >= 0.6 is 0 Å². The molecule has 148 valence electrons. The van der Waals surface area contributed by atoms with Gasteiger partial charge in [0, 0.05) is 0 Å². The van der Waals surface area contributed by atoms with Gasteiger partial charge in [0.1, 0.15) is 5.84 Å². The molecule has 1 saturated carbocycles. The van der Waals surface area contributed by atoms with E-state index >= 15 is 0 Å². The zero-order chi connectivity index (χ0) is 19.5. The summed E-state index contributed by atoms with van der Waals surface area (Å²) in [7, 11) is 0. The van der Waals surface area contributed by atoms with E-state index in [-0.39, 0.29) is 5.54 Å². The van der Waals surface area contributed by atoms with E-state index in [4.69, 9.17) is 4.99 Å². The average Bonchev–Trinajstić information content (AvgIpc) is 2.79. The quantitative estimate of drug-likeness (QED) is 0.781. The molecule has 2 atom stereocenters. The number of piperazine rings is 1. The van der Waals surface area contributed by atoms with Crippen LogP contribution in [0.5, 0.6) is 0 Å². The molecule has 5 rings (SSSR count). The number of aliphatic imine (C=N–C) groups is 1. The predicted molar refractivity (Wildman–Crippen MR) is 121 cm³/mol. The summed E-state index contributed by atoms with van der Waals surface area (Å²) in [5.74, 6) is 1.16. The topological polar surface area (TPSA) is 36.4 Å². The number of amidine groups is 1. The van der Waals surface area contributed by atoms with Gasteiger partial charge < -0.3 is 5.32 Å². The maximum Gasteiger partial charge on any atom is 0.118 e. The van der Waals surface area contributed by atoms with E-state index in [1.54, 1.807) is 0 Å². The lowest BCUT2D eigenvalue weighted by Gasteiger charge is -2.48. The highest BCUT2D eigenvalue weighted by atomic mass is 15.2. The van der Waals surface area contributed by atoms with Crippen LogP contribution in [0.3, 0.4) is 0 Å². The summed E-state index contributed by atoms with van der Waals surface area (Å²) in [4.78, 5) is 5.11. The lowest BCUT2D eigenvalue weighted by molar-refractivity contribution is 0.254. The molecule has 2 aromatic carbocycles. The number of hydrogen-bond donors (Lipinski definition) is 2. The van der Waals surface area contributed by atoms with Crippen LogP contribution in [0.1, 0.15) is 37.7 Å². The van der Waals surface area contributed by atoms with Gasteiger partial charge in [-0.05, 0) is 29.5 Å². The third-order valence-electron chi connectivity index (χ3n) is 6.52. The maximum atomic E-state index is 5.11. The SMILES string of the molecule is C1=CC2NC(=NCc3ccc(-c4ccccc4)cc3)C3(CCCCC3)NC2C=C1. The number of nitrogens with zero attached hydrogens (tertiary/aromatic N) is 1. The van der Waals surface area contributed by atoms with Crippen molar-refractivity contribution in [2.45, 2.75) is 56.3 Å². The Balaban J connectivity index is 1.36. The van der Waals surface area contributed by atoms with E-state index in [1.807, 2.05) is 0 Å². The van der Waals surface area contributed by atoms with Gasteiger partial charge in [-0.25, -0.2) is 0 Å². The summed E-state index contributed by atoms with van der Waals surface area (Å²) in [5, 5.41) is 7.73. The molecule has 0 aromatic heterocycles. The van der Waals surface area contributed by atoms with Crippen LogP contribution in [-0.4, -0.2) is 23.5 Å². The molecular formula is C26H29N3. The molecule has 2 unspecified atom stereocenters. The third kappa shape index (κ3) is 3.79. The highest BCUT2D eigenvalue weighted by molar-refractivity contribution is 5.93. The molecule has 3 heteroatoms. The molecule has 1 aliphatic heterocycles.